The number of amides is 3. The molecule has 0 aliphatic heterocycles. The van der Waals surface area contributed by atoms with Gasteiger partial charge in [-0.05, 0) is 29.5 Å². The summed E-state index contributed by atoms with van der Waals surface area (Å²) in [4.78, 5) is 65.9. The maximum Gasteiger partial charge on any atom is 0.326 e. The number of aliphatic carboxylic acids is 2. The first-order valence-corrected chi connectivity index (χ1v) is 13.7. The maximum absolute atomic E-state index is 13.5. The van der Waals surface area contributed by atoms with Crippen molar-refractivity contribution in [1.82, 2.24) is 20.9 Å². The molecule has 42 heavy (non-hydrogen) atoms. The van der Waals surface area contributed by atoms with Gasteiger partial charge in [-0.2, -0.15) is 0 Å². The average Bonchev–Trinajstić information content (AvgIpc) is 3.36. The predicted octanol–water partition coefficient (Wildman–Crippen LogP) is 1.34. The molecule has 0 saturated carbocycles. The lowest BCUT2D eigenvalue weighted by atomic mass is 10.0. The van der Waals surface area contributed by atoms with Crippen LogP contribution >= 0.6 is 0 Å². The van der Waals surface area contributed by atoms with E-state index in [0.717, 1.165) is 10.9 Å². The number of aromatic amines is 1. The Morgan fingerprint density at radius 3 is 2.02 bits per heavy atom. The molecular formula is C30H37N5O7. The fraction of sp³-hybridized carbons (Fsp3) is 0.367. The molecule has 0 aliphatic rings. The Labute approximate surface area is 243 Å². The molecule has 224 valence electrons. The number of benzene rings is 2. The number of nitrogens with one attached hydrogen (secondary N) is 4. The number of para-hydroxylation sites is 1. The van der Waals surface area contributed by atoms with Crippen molar-refractivity contribution in [3.8, 4) is 0 Å². The molecule has 8 N–H and O–H groups in total. The molecule has 0 bridgehead atoms. The highest BCUT2D eigenvalue weighted by Gasteiger charge is 2.31. The van der Waals surface area contributed by atoms with Gasteiger partial charge in [0.05, 0.1) is 6.04 Å². The lowest BCUT2D eigenvalue weighted by Crippen LogP contribution is -2.58. The van der Waals surface area contributed by atoms with E-state index >= 15 is 0 Å². The van der Waals surface area contributed by atoms with Crippen LogP contribution in [0.1, 0.15) is 37.8 Å². The van der Waals surface area contributed by atoms with Gasteiger partial charge >= 0.3 is 11.9 Å². The number of H-pyrrole nitrogens is 1. The molecule has 0 spiro atoms. The summed E-state index contributed by atoms with van der Waals surface area (Å²) in [5, 5.41) is 27.6. The van der Waals surface area contributed by atoms with Crippen molar-refractivity contribution in [3.63, 3.8) is 0 Å². The molecule has 4 unspecified atom stereocenters. The highest BCUT2D eigenvalue weighted by atomic mass is 16.4. The first-order chi connectivity index (χ1) is 20.0. The number of fused-ring (bicyclic) bond motifs is 1. The summed E-state index contributed by atoms with van der Waals surface area (Å²) in [5.41, 5.74) is 8.11. The Balaban J connectivity index is 1.82. The fourth-order valence-electron chi connectivity index (χ4n) is 4.43. The van der Waals surface area contributed by atoms with Crippen molar-refractivity contribution in [1.29, 1.82) is 0 Å². The van der Waals surface area contributed by atoms with Gasteiger partial charge in [0, 0.05) is 36.4 Å². The number of carbonyl (C=O) groups is 5. The van der Waals surface area contributed by atoms with Gasteiger partial charge in [0.25, 0.3) is 0 Å². The molecule has 12 heteroatoms. The Morgan fingerprint density at radius 2 is 1.38 bits per heavy atom. The van der Waals surface area contributed by atoms with Crippen LogP contribution in [0.5, 0.6) is 0 Å². The number of rotatable bonds is 15. The average molecular weight is 580 g/mol. The van der Waals surface area contributed by atoms with Gasteiger partial charge in [-0.3, -0.25) is 19.2 Å². The van der Waals surface area contributed by atoms with Crippen LogP contribution in [0.2, 0.25) is 0 Å². The molecule has 1 aromatic heterocycles. The van der Waals surface area contributed by atoms with E-state index in [1.807, 2.05) is 24.3 Å². The minimum Gasteiger partial charge on any atom is -0.481 e. The minimum atomic E-state index is -1.31. The van der Waals surface area contributed by atoms with Crippen LogP contribution in [0, 0.1) is 5.92 Å². The monoisotopic (exact) mass is 579 g/mol. The molecule has 3 rings (SSSR count). The molecule has 0 saturated heterocycles. The van der Waals surface area contributed by atoms with Crippen molar-refractivity contribution >= 4 is 40.6 Å². The standard InChI is InChI=1S/C30H37N5O7/c1-17(2)26(31)29(40)33-22(12-13-25(36)37)27(38)34-23(14-18-8-4-3-5-9-18)28(39)35-24(30(41)42)15-19-16-32-21-11-7-6-10-20(19)21/h3-11,16-17,22-24,26,32H,12-15,31H2,1-2H3,(H,33,40)(H,34,38)(H,35,39)(H,36,37)(H,41,42). The van der Waals surface area contributed by atoms with Gasteiger partial charge in [0.2, 0.25) is 17.7 Å². The molecule has 12 nitrogen and oxygen atoms in total. The zero-order chi connectivity index (χ0) is 30.8. The molecule has 0 aliphatic carbocycles. The topological polar surface area (TPSA) is 204 Å². The summed E-state index contributed by atoms with van der Waals surface area (Å²) in [5.74, 6) is -4.84. The smallest absolute Gasteiger partial charge is 0.326 e. The number of hydrogen-bond acceptors (Lipinski definition) is 6. The van der Waals surface area contributed by atoms with E-state index in [1.54, 1.807) is 50.4 Å². The highest BCUT2D eigenvalue weighted by molar-refractivity contribution is 5.94. The molecule has 1 heterocycles. The molecule has 3 amide bonds. The van der Waals surface area contributed by atoms with Crippen molar-refractivity contribution in [2.45, 2.75) is 63.7 Å². The van der Waals surface area contributed by atoms with Crippen LogP contribution in [0.15, 0.2) is 60.8 Å². The van der Waals surface area contributed by atoms with Gasteiger partial charge in [0.1, 0.15) is 18.1 Å². The Kier molecular flexibility index (Phi) is 11.2. The highest BCUT2D eigenvalue weighted by Crippen LogP contribution is 2.19. The van der Waals surface area contributed by atoms with Gasteiger partial charge in [-0.1, -0.05) is 62.4 Å². The van der Waals surface area contributed by atoms with Gasteiger partial charge in [-0.15, -0.1) is 0 Å². The summed E-state index contributed by atoms with van der Waals surface area (Å²) in [7, 11) is 0. The van der Waals surface area contributed by atoms with Crippen molar-refractivity contribution in [2.24, 2.45) is 11.7 Å². The van der Waals surface area contributed by atoms with E-state index in [1.165, 1.54) is 0 Å². The van der Waals surface area contributed by atoms with Crippen LogP contribution in [0.3, 0.4) is 0 Å². The third-order valence-corrected chi connectivity index (χ3v) is 6.93. The zero-order valence-corrected chi connectivity index (χ0v) is 23.5. The van der Waals surface area contributed by atoms with E-state index in [-0.39, 0.29) is 25.2 Å². The molecule has 2 aromatic carbocycles. The van der Waals surface area contributed by atoms with Crippen LogP contribution in [-0.4, -0.2) is 69.0 Å². The second-order valence-corrected chi connectivity index (χ2v) is 10.5. The van der Waals surface area contributed by atoms with Crippen LogP contribution in [0.4, 0.5) is 0 Å². The Morgan fingerprint density at radius 1 is 0.786 bits per heavy atom. The SMILES string of the molecule is CC(C)C(N)C(=O)NC(CCC(=O)O)C(=O)NC(Cc1ccccc1)C(=O)NC(Cc1c[nH]c2ccccc12)C(=O)O. The van der Waals surface area contributed by atoms with Crippen LogP contribution in [-0.2, 0) is 36.8 Å². The molecule has 0 fully saturated rings. The number of carboxylic acid groups (broad SMARTS) is 2. The minimum absolute atomic E-state index is 0.0124. The van der Waals surface area contributed by atoms with Crippen molar-refractivity contribution in [2.75, 3.05) is 0 Å². The summed E-state index contributed by atoms with van der Waals surface area (Å²) in [6.45, 7) is 3.46. The van der Waals surface area contributed by atoms with E-state index in [9.17, 15) is 34.2 Å². The molecular weight excluding hydrogens is 542 g/mol. The molecule has 4 atom stereocenters. The first-order valence-electron chi connectivity index (χ1n) is 13.7. The van der Waals surface area contributed by atoms with E-state index in [0.29, 0.717) is 11.1 Å². The summed E-state index contributed by atoms with van der Waals surface area (Å²) in [6.07, 6.45) is 1.03. The van der Waals surface area contributed by atoms with E-state index in [2.05, 4.69) is 20.9 Å². The third-order valence-electron chi connectivity index (χ3n) is 6.93. The third kappa shape index (κ3) is 8.90. The maximum atomic E-state index is 13.5. The molecule has 3 aromatic rings. The van der Waals surface area contributed by atoms with Crippen LogP contribution in [0.25, 0.3) is 10.9 Å². The summed E-state index contributed by atoms with van der Waals surface area (Å²) in [6, 6.07) is 11.4. The van der Waals surface area contributed by atoms with Crippen molar-refractivity contribution in [3.05, 3.63) is 71.9 Å². The Hall–Kier alpha value is -4.71. The van der Waals surface area contributed by atoms with Crippen LogP contribution < -0.4 is 21.7 Å². The normalized spacial score (nSPS) is 14.0. The summed E-state index contributed by atoms with van der Waals surface area (Å²) >= 11 is 0. The summed E-state index contributed by atoms with van der Waals surface area (Å²) < 4.78 is 0. The molecule has 0 radical (unpaired) electrons. The second-order valence-electron chi connectivity index (χ2n) is 10.5. The van der Waals surface area contributed by atoms with E-state index < -0.39 is 60.2 Å². The largest absolute Gasteiger partial charge is 0.481 e. The fourth-order valence-corrected chi connectivity index (χ4v) is 4.43. The van der Waals surface area contributed by atoms with E-state index in [4.69, 9.17) is 5.73 Å². The Bertz CT molecular complexity index is 1410. The number of nitrogens with two attached hydrogens (primary N) is 1. The number of aromatic nitrogens is 1. The number of carboxylic acids is 2. The van der Waals surface area contributed by atoms with Gasteiger partial charge < -0.3 is 36.9 Å². The quantitative estimate of drug-likeness (QED) is 0.140. The predicted molar refractivity (Wildman–Crippen MR) is 155 cm³/mol. The number of hydrogen-bond donors (Lipinski definition) is 7. The van der Waals surface area contributed by atoms with Crippen molar-refractivity contribution < 1.29 is 34.2 Å². The lowest BCUT2D eigenvalue weighted by Gasteiger charge is -2.25. The first kappa shape index (κ1) is 31.8. The zero-order valence-electron chi connectivity index (χ0n) is 23.5. The van der Waals surface area contributed by atoms with Gasteiger partial charge in [-0.25, -0.2) is 4.79 Å². The number of carbonyl (C=O) groups excluding carboxylic acids is 3. The lowest BCUT2D eigenvalue weighted by molar-refractivity contribution is -0.142. The van der Waals surface area contributed by atoms with Gasteiger partial charge in [0.15, 0.2) is 0 Å². The second kappa shape index (κ2) is 14.8.